The van der Waals surface area contributed by atoms with E-state index in [1.54, 1.807) is 0 Å². The van der Waals surface area contributed by atoms with Crippen molar-refractivity contribution in [3.8, 4) is 5.75 Å². The first-order valence-electron chi connectivity index (χ1n) is 5.16. The molecule has 0 heterocycles. The molecule has 4 heteroatoms. The molecular formula is C12H15FO3. The van der Waals surface area contributed by atoms with Crippen LogP contribution in [-0.4, -0.2) is 17.7 Å². The standard InChI is InChI=1S/C12H15FO3/c1-8(2)5-6-16-12(15)10-4-3-9(14)7-11(10)13/h3-4,7-8,14H,5-6H2,1-2H3. The molecule has 0 spiro atoms. The van der Waals surface area contributed by atoms with Gasteiger partial charge in [-0.15, -0.1) is 0 Å². The van der Waals surface area contributed by atoms with Gasteiger partial charge in [0, 0.05) is 6.07 Å². The number of carbonyl (C=O) groups excluding carboxylic acids is 1. The van der Waals surface area contributed by atoms with Crippen LogP contribution < -0.4 is 0 Å². The van der Waals surface area contributed by atoms with Crippen molar-refractivity contribution in [1.82, 2.24) is 0 Å². The van der Waals surface area contributed by atoms with E-state index in [1.807, 2.05) is 13.8 Å². The van der Waals surface area contributed by atoms with Gasteiger partial charge in [-0.2, -0.15) is 0 Å². The first-order valence-corrected chi connectivity index (χ1v) is 5.16. The zero-order valence-corrected chi connectivity index (χ0v) is 9.37. The van der Waals surface area contributed by atoms with Gasteiger partial charge >= 0.3 is 5.97 Å². The summed E-state index contributed by atoms with van der Waals surface area (Å²) in [6, 6.07) is 3.35. The van der Waals surface area contributed by atoms with Crippen LogP contribution in [0.1, 0.15) is 30.6 Å². The van der Waals surface area contributed by atoms with Crippen LogP contribution in [0, 0.1) is 11.7 Å². The summed E-state index contributed by atoms with van der Waals surface area (Å²) in [5.74, 6) is -1.25. The Labute approximate surface area is 93.9 Å². The Morgan fingerprint density at radius 2 is 2.19 bits per heavy atom. The smallest absolute Gasteiger partial charge is 0.341 e. The Morgan fingerprint density at radius 3 is 2.75 bits per heavy atom. The number of ether oxygens (including phenoxy) is 1. The number of benzene rings is 1. The second-order valence-corrected chi connectivity index (χ2v) is 3.98. The number of aromatic hydroxyl groups is 1. The molecule has 0 aliphatic carbocycles. The van der Waals surface area contributed by atoms with E-state index in [0.29, 0.717) is 5.92 Å². The van der Waals surface area contributed by atoms with Crippen LogP contribution in [0.5, 0.6) is 5.75 Å². The molecule has 88 valence electrons. The predicted molar refractivity (Wildman–Crippen MR) is 57.8 cm³/mol. The fourth-order valence-corrected chi connectivity index (χ4v) is 1.13. The maximum Gasteiger partial charge on any atom is 0.341 e. The summed E-state index contributed by atoms with van der Waals surface area (Å²) in [6.07, 6.45) is 0.742. The van der Waals surface area contributed by atoms with E-state index in [4.69, 9.17) is 9.84 Å². The van der Waals surface area contributed by atoms with Crippen molar-refractivity contribution in [2.45, 2.75) is 20.3 Å². The lowest BCUT2D eigenvalue weighted by molar-refractivity contribution is 0.0483. The van der Waals surface area contributed by atoms with Crippen molar-refractivity contribution in [3.05, 3.63) is 29.6 Å². The third-order valence-corrected chi connectivity index (χ3v) is 2.10. The molecule has 1 rings (SSSR count). The fourth-order valence-electron chi connectivity index (χ4n) is 1.13. The van der Waals surface area contributed by atoms with E-state index in [2.05, 4.69) is 0 Å². The number of rotatable bonds is 4. The number of phenolic OH excluding ortho intramolecular Hbond substituents is 1. The van der Waals surface area contributed by atoms with Gasteiger partial charge in [-0.3, -0.25) is 0 Å². The highest BCUT2D eigenvalue weighted by Gasteiger charge is 2.13. The zero-order valence-electron chi connectivity index (χ0n) is 9.37. The summed E-state index contributed by atoms with van der Waals surface area (Å²) in [5, 5.41) is 8.98. The maximum absolute atomic E-state index is 13.2. The molecule has 1 N–H and O–H groups in total. The van der Waals surface area contributed by atoms with Gasteiger partial charge in [0.25, 0.3) is 0 Å². The van der Waals surface area contributed by atoms with Crippen molar-refractivity contribution < 1.29 is 19.0 Å². The molecule has 0 aliphatic heterocycles. The molecule has 0 saturated heterocycles. The quantitative estimate of drug-likeness (QED) is 0.803. The lowest BCUT2D eigenvalue weighted by atomic mass is 10.1. The van der Waals surface area contributed by atoms with E-state index in [1.165, 1.54) is 12.1 Å². The molecule has 16 heavy (non-hydrogen) atoms. The first-order chi connectivity index (χ1) is 7.50. The van der Waals surface area contributed by atoms with Crippen molar-refractivity contribution >= 4 is 5.97 Å². The number of hydrogen-bond donors (Lipinski definition) is 1. The van der Waals surface area contributed by atoms with Crippen LogP contribution in [0.15, 0.2) is 18.2 Å². The second kappa shape index (κ2) is 5.49. The van der Waals surface area contributed by atoms with Crippen LogP contribution in [-0.2, 0) is 4.74 Å². The van der Waals surface area contributed by atoms with Gasteiger partial charge < -0.3 is 9.84 Å². The van der Waals surface area contributed by atoms with E-state index < -0.39 is 11.8 Å². The molecule has 0 fully saturated rings. The number of hydrogen-bond acceptors (Lipinski definition) is 3. The largest absolute Gasteiger partial charge is 0.508 e. The highest BCUT2D eigenvalue weighted by molar-refractivity contribution is 5.89. The lowest BCUT2D eigenvalue weighted by Gasteiger charge is -2.07. The average molecular weight is 226 g/mol. The summed E-state index contributed by atoms with van der Waals surface area (Å²) in [6.45, 7) is 4.29. The summed E-state index contributed by atoms with van der Waals surface area (Å²) in [5.41, 5.74) is -0.151. The Balaban J connectivity index is 2.59. The molecule has 0 saturated carbocycles. The van der Waals surface area contributed by atoms with E-state index in [0.717, 1.165) is 12.5 Å². The van der Waals surface area contributed by atoms with Crippen molar-refractivity contribution in [2.24, 2.45) is 5.92 Å². The van der Waals surface area contributed by atoms with Crippen LogP contribution in [0.3, 0.4) is 0 Å². The van der Waals surface area contributed by atoms with Gasteiger partial charge in [0.05, 0.1) is 12.2 Å². The van der Waals surface area contributed by atoms with Crippen LogP contribution in [0.2, 0.25) is 0 Å². The SMILES string of the molecule is CC(C)CCOC(=O)c1ccc(O)cc1F. The molecule has 0 unspecified atom stereocenters. The lowest BCUT2D eigenvalue weighted by Crippen LogP contribution is -2.09. The maximum atomic E-state index is 13.2. The summed E-state index contributed by atoms with van der Waals surface area (Å²) in [7, 11) is 0. The molecule has 0 aliphatic rings. The van der Waals surface area contributed by atoms with Gasteiger partial charge in [-0.25, -0.2) is 9.18 Å². The Bertz CT molecular complexity index is 375. The molecule has 3 nitrogen and oxygen atoms in total. The highest BCUT2D eigenvalue weighted by atomic mass is 19.1. The Hall–Kier alpha value is -1.58. The van der Waals surface area contributed by atoms with Crippen molar-refractivity contribution in [3.63, 3.8) is 0 Å². The minimum Gasteiger partial charge on any atom is -0.508 e. The minimum absolute atomic E-state index is 0.151. The number of esters is 1. The zero-order chi connectivity index (χ0) is 12.1. The van der Waals surface area contributed by atoms with Gasteiger partial charge in [-0.1, -0.05) is 13.8 Å². The van der Waals surface area contributed by atoms with Gasteiger partial charge in [0.2, 0.25) is 0 Å². The molecule has 0 aromatic heterocycles. The van der Waals surface area contributed by atoms with Crippen LogP contribution >= 0.6 is 0 Å². The molecule has 0 atom stereocenters. The first kappa shape index (κ1) is 12.5. The minimum atomic E-state index is -0.769. The van der Waals surface area contributed by atoms with E-state index in [9.17, 15) is 9.18 Å². The summed E-state index contributed by atoms with van der Waals surface area (Å²) < 4.78 is 18.1. The van der Waals surface area contributed by atoms with Gasteiger partial charge in [0.1, 0.15) is 11.6 Å². The Kier molecular flexibility index (Phi) is 4.28. The van der Waals surface area contributed by atoms with Crippen LogP contribution in [0.25, 0.3) is 0 Å². The van der Waals surface area contributed by atoms with Gasteiger partial charge in [-0.05, 0) is 24.5 Å². The third-order valence-electron chi connectivity index (χ3n) is 2.10. The summed E-state index contributed by atoms with van der Waals surface area (Å²) >= 11 is 0. The van der Waals surface area contributed by atoms with Crippen molar-refractivity contribution in [2.75, 3.05) is 6.61 Å². The number of carbonyl (C=O) groups is 1. The average Bonchev–Trinajstić information content (AvgIpc) is 2.16. The predicted octanol–water partition coefficient (Wildman–Crippen LogP) is 2.73. The monoisotopic (exact) mass is 226 g/mol. The summed E-state index contributed by atoms with van der Waals surface area (Å²) in [4.78, 5) is 11.4. The molecule has 1 aromatic carbocycles. The van der Waals surface area contributed by atoms with Gasteiger partial charge in [0.15, 0.2) is 0 Å². The number of halogens is 1. The molecular weight excluding hydrogens is 211 g/mol. The van der Waals surface area contributed by atoms with E-state index in [-0.39, 0.29) is 17.9 Å². The Morgan fingerprint density at radius 1 is 1.50 bits per heavy atom. The second-order valence-electron chi connectivity index (χ2n) is 3.98. The topological polar surface area (TPSA) is 46.5 Å². The molecule has 0 radical (unpaired) electrons. The normalized spacial score (nSPS) is 10.5. The van der Waals surface area contributed by atoms with Crippen LogP contribution in [0.4, 0.5) is 4.39 Å². The van der Waals surface area contributed by atoms with Crippen molar-refractivity contribution in [1.29, 1.82) is 0 Å². The number of phenols is 1. The molecule has 0 bridgehead atoms. The highest BCUT2D eigenvalue weighted by Crippen LogP contribution is 2.16. The fraction of sp³-hybridized carbons (Fsp3) is 0.417. The van der Waals surface area contributed by atoms with E-state index >= 15 is 0 Å². The molecule has 0 amide bonds. The molecule has 1 aromatic rings. The third kappa shape index (κ3) is 3.53.